The number of hydrogen-bond donors (Lipinski definition) is 1. The molecule has 0 radical (unpaired) electrons. The second-order valence-electron chi connectivity index (χ2n) is 5.00. The molecule has 0 saturated carbocycles. The second kappa shape index (κ2) is 7.57. The van der Waals surface area contributed by atoms with Crippen molar-refractivity contribution in [3.05, 3.63) is 63.9 Å². The van der Waals surface area contributed by atoms with Gasteiger partial charge in [0.2, 0.25) is 0 Å². The Balaban J connectivity index is 2.11. The van der Waals surface area contributed by atoms with E-state index in [-0.39, 0.29) is 5.82 Å². The fourth-order valence-electron chi connectivity index (χ4n) is 2.15. The molecule has 0 heterocycles. The van der Waals surface area contributed by atoms with E-state index in [1.165, 1.54) is 11.6 Å². The van der Waals surface area contributed by atoms with Crippen molar-refractivity contribution < 1.29 is 4.39 Å². The molecule has 2 rings (SSSR count). The molecule has 0 saturated heterocycles. The molecule has 1 N–H and O–H groups in total. The minimum atomic E-state index is -0.160. The van der Waals surface area contributed by atoms with Crippen LogP contribution in [0, 0.1) is 5.82 Å². The summed E-state index contributed by atoms with van der Waals surface area (Å²) in [4.78, 5) is 2.04. The number of nitrogens with zero attached hydrogens (tertiary/aromatic N) is 1. The zero-order chi connectivity index (χ0) is 15.2. The Morgan fingerprint density at radius 1 is 1.14 bits per heavy atom. The van der Waals surface area contributed by atoms with Crippen molar-refractivity contribution in [3.8, 4) is 0 Å². The molecule has 0 amide bonds. The number of rotatable bonds is 6. The first-order valence-electron chi connectivity index (χ1n) is 7.05. The summed E-state index contributed by atoms with van der Waals surface area (Å²) in [5.41, 5.74) is 2.98. The first-order valence-corrected chi connectivity index (χ1v) is 7.84. The summed E-state index contributed by atoms with van der Waals surface area (Å²) in [7, 11) is 1.97. The van der Waals surface area contributed by atoms with Gasteiger partial charge < -0.3 is 10.2 Å². The normalized spacial score (nSPS) is 10.7. The van der Waals surface area contributed by atoms with Gasteiger partial charge in [-0.15, -0.1) is 0 Å². The Morgan fingerprint density at radius 3 is 2.57 bits per heavy atom. The van der Waals surface area contributed by atoms with Gasteiger partial charge in [0.15, 0.2) is 0 Å². The number of benzene rings is 2. The van der Waals surface area contributed by atoms with Crippen molar-refractivity contribution >= 4 is 21.6 Å². The van der Waals surface area contributed by atoms with Crippen LogP contribution in [-0.2, 0) is 13.1 Å². The highest BCUT2D eigenvalue weighted by Gasteiger charge is 2.08. The topological polar surface area (TPSA) is 15.3 Å². The molecular formula is C17H20BrFN2. The van der Waals surface area contributed by atoms with Crippen LogP contribution in [0.5, 0.6) is 0 Å². The molecule has 0 aliphatic carbocycles. The lowest BCUT2D eigenvalue weighted by Crippen LogP contribution is -2.18. The first kappa shape index (κ1) is 16.0. The average molecular weight is 351 g/mol. The quantitative estimate of drug-likeness (QED) is 0.833. The highest BCUT2D eigenvalue weighted by Crippen LogP contribution is 2.25. The number of hydrogen-bond acceptors (Lipinski definition) is 2. The molecule has 0 aromatic heterocycles. The van der Waals surface area contributed by atoms with Crippen LogP contribution in [-0.4, -0.2) is 13.6 Å². The molecule has 21 heavy (non-hydrogen) atoms. The molecule has 0 unspecified atom stereocenters. The molecule has 2 aromatic rings. The summed E-state index contributed by atoms with van der Waals surface area (Å²) in [5, 5.41) is 3.31. The molecule has 0 aliphatic rings. The van der Waals surface area contributed by atoms with Crippen LogP contribution in [0.1, 0.15) is 18.1 Å². The van der Waals surface area contributed by atoms with Gasteiger partial charge in [0, 0.05) is 35.9 Å². The molecule has 112 valence electrons. The van der Waals surface area contributed by atoms with Crippen molar-refractivity contribution in [1.82, 2.24) is 5.32 Å². The van der Waals surface area contributed by atoms with Crippen LogP contribution in [0.3, 0.4) is 0 Å². The van der Waals surface area contributed by atoms with Gasteiger partial charge in [0.1, 0.15) is 5.82 Å². The van der Waals surface area contributed by atoms with Crippen molar-refractivity contribution in [3.63, 3.8) is 0 Å². The van der Waals surface area contributed by atoms with E-state index in [2.05, 4.69) is 46.4 Å². The van der Waals surface area contributed by atoms with Gasteiger partial charge in [-0.2, -0.15) is 0 Å². The Morgan fingerprint density at radius 2 is 1.90 bits per heavy atom. The first-order chi connectivity index (χ1) is 10.1. The average Bonchev–Trinajstić information content (AvgIpc) is 2.48. The summed E-state index contributed by atoms with van der Waals surface area (Å²) in [6.07, 6.45) is 0. The van der Waals surface area contributed by atoms with Crippen LogP contribution in [0.2, 0.25) is 0 Å². The van der Waals surface area contributed by atoms with E-state index in [1.54, 1.807) is 6.07 Å². The lowest BCUT2D eigenvalue weighted by Gasteiger charge is -2.21. The zero-order valence-electron chi connectivity index (χ0n) is 12.4. The van der Waals surface area contributed by atoms with E-state index in [0.717, 1.165) is 23.2 Å². The largest absolute Gasteiger partial charge is 0.370 e. The van der Waals surface area contributed by atoms with E-state index >= 15 is 0 Å². The van der Waals surface area contributed by atoms with Crippen LogP contribution in [0.4, 0.5) is 10.1 Å². The summed E-state index contributed by atoms with van der Waals surface area (Å²) >= 11 is 3.60. The van der Waals surface area contributed by atoms with Gasteiger partial charge in [-0.05, 0) is 30.3 Å². The van der Waals surface area contributed by atoms with Gasteiger partial charge >= 0.3 is 0 Å². The molecule has 0 bridgehead atoms. The lowest BCUT2D eigenvalue weighted by atomic mass is 10.1. The smallest absolute Gasteiger partial charge is 0.128 e. The van der Waals surface area contributed by atoms with Crippen LogP contribution in [0.15, 0.2) is 46.9 Å². The Kier molecular flexibility index (Phi) is 5.76. The van der Waals surface area contributed by atoms with Gasteiger partial charge in [-0.25, -0.2) is 4.39 Å². The number of halogens is 2. The zero-order valence-corrected chi connectivity index (χ0v) is 14.0. The van der Waals surface area contributed by atoms with Crippen molar-refractivity contribution in [2.24, 2.45) is 0 Å². The van der Waals surface area contributed by atoms with E-state index in [1.807, 2.05) is 24.1 Å². The van der Waals surface area contributed by atoms with E-state index in [4.69, 9.17) is 0 Å². The molecule has 4 heteroatoms. The Hall–Kier alpha value is -1.39. The van der Waals surface area contributed by atoms with E-state index < -0.39 is 0 Å². The molecule has 0 aliphatic heterocycles. The molecule has 0 fully saturated rings. The minimum absolute atomic E-state index is 0.160. The molecular weight excluding hydrogens is 331 g/mol. The highest BCUT2D eigenvalue weighted by atomic mass is 79.9. The maximum atomic E-state index is 13.7. The third-order valence-electron chi connectivity index (χ3n) is 3.41. The third kappa shape index (κ3) is 4.29. The predicted octanol–water partition coefficient (Wildman–Crippen LogP) is 4.33. The molecule has 0 atom stereocenters. The van der Waals surface area contributed by atoms with Crippen LogP contribution >= 0.6 is 15.9 Å². The van der Waals surface area contributed by atoms with Gasteiger partial charge in [-0.1, -0.05) is 47.1 Å². The predicted molar refractivity (Wildman–Crippen MR) is 90.0 cm³/mol. The SMILES string of the molecule is CCNCc1ccc(N(C)Cc2ccccc2F)cc1Br. The minimum Gasteiger partial charge on any atom is -0.370 e. The molecule has 2 nitrogen and oxygen atoms in total. The van der Waals surface area contributed by atoms with Crippen LogP contribution in [0.25, 0.3) is 0 Å². The fourth-order valence-corrected chi connectivity index (χ4v) is 2.66. The van der Waals surface area contributed by atoms with E-state index in [9.17, 15) is 4.39 Å². The lowest BCUT2D eigenvalue weighted by molar-refractivity contribution is 0.608. The third-order valence-corrected chi connectivity index (χ3v) is 4.15. The number of nitrogens with one attached hydrogen (secondary N) is 1. The Bertz CT molecular complexity index is 601. The van der Waals surface area contributed by atoms with Gasteiger partial charge in [0.25, 0.3) is 0 Å². The summed E-state index contributed by atoms with van der Waals surface area (Å²) in [6.45, 7) is 4.42. The summed E-state index contributed by atoms with van der Waals surface area (Å²) in [5.74, 6) is -0.160. The van der Waals surface area contributed by atoms with Crippen LogP contribution < -0.4 is 10.2 Å². The van der Waals surface area contributed by atoms with Gasteiger partial charge in [-0.3, -0.25) is 0 Å². The maximum absolute atomic E-state index is 13.7. The second-order valence-corrected chi connectivity index (χ2v) is 5.86. The van der Waals surface area contributed by atoms with E-state index in [0.29, 0.717) is 12.1 Å². The fraction of sp³-hybridized carbons (Fsp3) is 0.294. The summed E-state index contributed by atoms with van der Waals surface area (Å²) < 4.78 is 14.8. The van der Waals surface area contributed by atoms with Crippen molar-refractivity contribution in [2.75, 3.05) is 18.5 Å². The van der Waals surface area contributed by atoms with Gasteiger partial charge in [0.05, 0.1) is 0 Å². The van der Waals surface area contributed by atoms with Crippen molar-refractivity contribution in [1.29, 1.82) is 0 Å². The Labute approximate surface area is 134 Å². The highest BCUT2D eigenvalue weighted by molar-refractivity contribution is 9.10. The molecule has 0 spiro atoms. The van der Waals surface area contributed by atoms with Crippen molar-refractivity contribution in [2.45, 2.75) is 20.0 Å². The number of anilines is 1. The standard InChI is InChI=1S/C17H20BrFN2/c1-3-20-11-13-8-9-15(10-16(13)18)21(2)12-14-6-4-5-7-17(14)19/h4-10,20H,3,11-12H2,1-2H3. The monoisotopic (exact) mass is 350 g/mol. The summed E-state index contributed by atoms with van der Waals surface area (Å²) in [6, 6.07) is 13.1. The molecule has 2 aromatic carbocycles. The maximum Gasteiger partial charge on any atom is 0.128 e.